The lowest BCUT2D eigenvalue weighted by molar-refractivity contribution is -0.232. The quantitative estimate of drug-likeness (QED) is 0.683. The Balaban J connectivity index is 1.70. The molecule has 1 fully saturated rings. The highest BCUT2D eigenvalue weighted by atomic mass is 16.7. The number of benzene rings is 1. The molecule has 2 aliphatic heterocycles. The molecule has 1 aromatic carbocycles. The van der Waals surface area contributed by atoms with Crippen LogP contribution in [0.5, 0.6) is 5.75 Å². The molecular weight excluding hydrogens is 294 g/mol. The Bertz CT molecular complexity index is 576. The highest BCUT2D eigenvalue weighted by molar-refractivity contribution is 5.66. The van der Waals surface area contributed by atoms with Gasteiger partial charge in [-0.25, -0.2) is 0 Å². The van der Waals surface area contributed by atoms with Gasteiger partial charge in [-0.2, -0.15) is 0 Å². The topological polar surface area (TPSA) is 59.0 Å². The largest absolute Gasteiger partial charge is 0.492 e. The van der Waals surface area contributed by atoms with Crippen molar-refractivity contribution < 1.29 is 19.4 Å². The lowest BCUT2D eigenvalue weighted by Gasteiger charge is -2.47. The van der Waals surface area contributed by atoms with Crippen LogP contribution in [0, 0.1) is 0 Å². The van der Waals surface area contributed by atoms with Crippen molar-refractivity contribution in [3.63, 3.8) is 0 Å². The van der Waals surface area contributed by atoms with Gasteiger partial charge in [0.1, 0.15) is 12.4 Å². The second kappa shape index (κ2) is 6.49. The number of carbonyl (C=O) groups excluding carboxylic acids is 1. The van der Waals surface area contributed by atoms with E-state index < -0.39 is 11.8 Å². The second-order valence-corrected chi connectivity index (χ2v) is 6.57. The molecule has 0 amide bonds. The van der Waals surface area contributed by atoms with Gasteiger partial charge < -0.3 is 14.6 Å². The molecule has 5 heteroatoms. The number of likely N-dealkylation sites (tertiary alicyclic amines) is 1. The maximum Gasteiger partial charge on any atom is 0.305 e. The normalized spacial score (nSPS) is 31.1. The van der Waals surface area contributed by atoms with E-state index in [2.05, 4.69) is 17.9 Å². The van der Waals surface area contributed by atoms with Crippen LogP contribution in [-0.4, -0.2) is 47.0 Å². The number of esters is 1. The molecule has 0 aromatic heterocycles. The van der Waals surface area contributed by atoms with E-state index in [0.717, 1.165) is 18.6 Å². The van der Waals surface area contributed by atoms with Gasteiger partial charge in [-0.15, -0.1) is 0 Å². The number of para-hydroxylation sites is 1. The van der Waals surface area contributed by atoms with Gasteiger partial charge in [0.25, 0.3) is 0 Å². The van der Waals surface area contributed by atoms with Crippen molar-refractivity contribution in [1.82, 2.24) is 4.90 Å². The van der Waals surface area contributed by atoms with E-state index in [0.29, 0.717) is 32.0 Å². The van der Waals surface area contributed by atoms with Crippen LogP contribution in [0.25, 0.3) is 0 Å². The minimum Gasteiger partial charge on any atom is -0.492 e. The van der Waals surface area contributed by atoms with Crippen molar-refractivity contribution in [2.75, 3.05) is 13.2 Å². The number of fused-ring (bicyclic) bond motifs is 1. The molecule has 0 radical (unpaired) electrons. The highest BCUT2D eigenvalue weighted by Gasteiger charge is 2.43. The van der Waals surface area contributed by atoms with E-state index in [9.17, 15) is 9.90 Å². The molecule has 1 aromatic rings. The Morgan fingerprint density at radius 2 is 2.26 bits per heavy atom. The number of ether oxygens (including phenoxy) is 2. The molecule has 3 rings (SSSR count). The van der Waals surface area contributed by atoms with E-state index in [1.165, 1.54) is 12.5 Å². The molecule has 3 atom stereocenters. The molecule has 2 aliphatic rings. The summed E-state index contributed by atoms with van der Waals surface area (Å²) in [5, 5.41) is 10.5. The molecule has 5 nitrogen and oxygen atoms in total. The summed E-state index contributed by atoms with van der Waals surface area (Å²) >= 11 is 0. The van der Waals surface area contributed by atoms with Crippen molar-refractivity contribution in [2.45, 2.75) is 57.4 Å². The fraction of sp³-hybridized carbons (Fsp3) is 0.611. The van der Waals surface area contributed by atoms with Gasteiger partial charge in [-0.1, -0.05) is 25.1 Å². The molecule has 3 unspecified atom stereocenters. The maximum absolute atomic E-state index is 11.2. The summed E-state index contributed by atoms with van der Waals surface area (Å²) in [5.74, 6) is -0.771. The molecule has 2 heterocycles. The van der Waals surface area contributed by atoms with Crippen LogP contribution in [0.1, 0.15) is 38.7 Å². The third-order valence-electron chi connectivity index (χ3n) is 4.92. The summed E-state index contributed by atoms with van der Waals surface area (Å²) in [6.45, 7) is 4.82. The predicted octanol–water partition coefficient (Wildman–Crippen LogP) is 2.12. The highest BCUT2D eigenvalue weighted by Crippen LogP contribution is 2.34. The van der Waals surface area contributed by atoms with Gasteiger partial charge in [0, 0.05) is 38.4 Å². The fourth-order valence-electron chi connectivity index (χ4n) is 3.82. The molecule has 1 saturated heterocycles. The predicted molar refractivity (Wildman–Crippen MR) is 86.2 cm³/mol. The van der Waals surface area contributed by atoms with Gasteiger partial charge in [0.2, 0.25) is 5.79 Å². The molecule has 126 valence electrons. The van der Waals surface area contributed by atoms with Gasteiger partial charge >= 0.3 is 5.97 Å². The first-order chi connectivity index (χ1) is 11.0. The Labute approximate surface area is 137 Å². The first-order valence-electron chi connectivity index (χ1n) is 8.39. The minimum atomic E-state index is -1.32. The van der Waals surface area contributed by atoms with Gasteiger partial charge in [0.15, 0.2) is 0 Å². The molecule has 0 aliphatic carbocycles. The van der Waals surface area contributed by atoms with E-state index in [1.807, 2.05) is 18.2 Å². The van der Waals surface area contributed by atoms with E-state index in [-0.39, 0.29) is 6.04 Å². The zero-order valence-electron chi connectivity index (χ0n) is 13.8. The second-order valence-electron chi connectivity index (χ2n) is 6.57. The van der Waals surface area contributed by atoms with Crippen LogP contribution in [0.2, 0.25) is 0 Å². The van der Waals surface area contributed by atoms with Crippen LogP contribution in [0.3, 0.4) is 0 Å². The van der Waals surface area contributed by atoms with Crippen LogP contribution < -0.4 is 4.74 Å². The summed E-state index contributed by atoms with van der Waals surface area (Å²) in [4.78, 5) is 13.6. The molecular formula is C18H25NO4. The Kier molecular flexibility index (Phi) is 4.60. The average molecular weight is 319 g/mol. The first-order valence-corrected chi connectivity index (χ1v) is 8.39. The van der Waals surface area contributed by atoms with Gasteiger partial charge in [-0.3, -0.25) is 9.69 Å². The van der Waals surface area contributed by atoms with Gasteiger partial charge in [0.05, 0.1) is 0 Å². The fourth-order valence-corrected chi connectivity index (χ4v) is 3.82. The van der Waals surface area contributed by atoms with Crippen LogP contribution in [0.4, 0.5) is 0 Å². The number of nitrogens with zero attached hydrogens (tertiary/aromatic N) is 1. The summed E-state index contributed by atoms with van der Waals surface area (Å²) in [6, 6.07) is 8.65. The zero-order chi connectivity index (χ0) is 16.4. The van der Waals surface area contributed by atoms with Crippen molar-refractivity contribution in [3.05, 3.63) is 29.8 Å². The molecule has 23 heavy (non-hydrogen) atoms. The van der Waals surface area contributed by atoms with Crippen LogP contribution in [0.15, 0.2) is 24.3 Å². The maximum atomic E-state index is 11.2. The van der Waals surface area contributed by atoms with Gasteiger partial charge in [-0.05, 0) is 24.5 Å². The molecule has 1 N–H and O–H groups in total. The number of aliphatic hydroxyl groups is 1. The van der Waals surface area contributed by atoms with Crippen molar-refractivity contribution in [3.8, 4) is 5.75 Å². The summed E-state index contributed by atoms with van der Waals surface area (Å²) in [7, 11) is 0. The SMILES string of the molecule is CCC1CC(O)(OC(C)=O)CCN1C1COc2ccccc2C1. The number of piperidine rings is 1. The monoisotopic (exact) mass is 319 g/mol. The van der Waals surface area contributed by atoms with Crippen molar-refractivity contribution >= 4 is 5.97 Å². The summed E-state index contributed by atoms with van der Waals surface area (Å²) < 4.78 is 11.1. The minimum absolute atomic E-state index is 0.187. The summed E-state index contributed by atoms with van der Waals surface area (Å²) in [6.07, 6.45) is 2.77. The van der Waals surface area contributed by atoms with E-state index in [4.69, 9.17) is 9.47 Å². The number of carbonyl (C=O) groups is 1. The third-order valence-corrected chi connectivity index (χ3v) is 4.92. The standard InChI is InChI=1S/C18H25NO4/c1-3-15-11-18(21,23-13(2)20)8-9-19(15)16-10-14-6-4-5-7-17(14)22-12-16/h4-7,15-16,21H,3,8-12H2,1-2H3. The van der Waals surface area contributed by atoms with Crippen molar-refractivity contribution in [2.24, 2.45) is 0 Å². The third kappa shape index (κ3) is 3.51. The number of hydrogen-bond donors (Lipinski definition) is 1. The zero-order valence-corrected chi connectivity index (χ0v) is 13.8. The lowest BCUT2D eigenvalue weighted by atomic mass is 9.90. The van der Waals surface area contributed by atoms with Crippen LogP contribution in [-0.2, 0) is 16.0 Å². The van der Waals surface area contributed by atoms with Crippen molar-refractivity contribution in [1.29, 1.82) is 0 Å². The first kappa shape index (κ1) is 16.3. The molecule has 0 bridgehead atoms. The molecule has 0 saturated carbocycles. The van der Waals surface area contributed by atoms with E-state index in [1.54, 1.807) is 0 Å². The Morgan fingerprint density at radius 1 is 1.48 bits per heavy atom. The number of rotatable bonds is 3. The Morgan fingerprint density at radius 3 is 3.00 bits per heavy atom. The Hall–Kier alpha value is -1.59. The lowest BCUT2D eigenvalue weighted by Crippen LogP contribution is -2.57. The van der Waals surface area contributed by atoms with E-state index >= 15 is 0 Å². The average Bonchev–Trinajstić information content (AvgIpc) is 2.53. The number of hydrogen-bond acceptors (Lipinski definition) is 5. The van der Waals surface area contributed by atoms with Crippen LogP contribution >= 0.6 is 0 Å². The smallest absolute Gasteiger partial charge is 0.305 e. The summed E-state index contributed by atoms with van der Waals surface area (Å²) in [5.41, 5.74) is 1.24. The molecule has 0 spiro atoms.